The van der Waals surface area contributed by atoms with Crippen LogP contribution >= 0.6 is 11.3 Å². The predicted molar refractivity (Wildman–Crippen MR) is 100 cm³/mol. The molecule has 2 heterocycles. The summed E-state index contributed by atoms with van der Waals surface area (Å²) in [4.78, 5) is 1.24. The van der Waals surface area contributed by atoms with Gasteiger partial charge in [0, 0.05) is 21.8 Å². The average Bonchev–Trinajstić information content (AvgIpc) is 3.21. The van der Waals surface area contributed by atoms with Crippen molar-refractivity contribution in [2.45, 2.75) is 0 Å². The Labute approximate surface area is 134 Å². The van der Waals surface area contributed by atoms with Gasteiger partial charge in [0.15, 0.2) is 0 Å². The first-order chi connectivity index (χ1) is 10.8. The van der Waals surface area contributed by atoms with Gasteiger partial charge in [-0.05, 0) is 23.6 Å². The minimum atomic E-state index is 1.22. The molecular formula is C20H17NS. The third-order valence-electron chi connectivity index (χ3n) is 3.54. The zero-order valence-corrected chi connectivity index (χ0v) is 13.1. The predicted octanol–water partition coefficient (Wildman–Crippen LogP) is 6.29. The maximum atomic E-state index is 3.87. The van der Waals surface area contributed by atoms with Crippen LogP contribution in [0, 0.1) is 0 Å². The fraction of sp³-hybridized carbons (Fsp3) is 0. The Hall–Kier alpha value is -2.58. The van der Waals surface area contributed by atoms with E-state index in [1.165, 1.54) is 26.7 Å². The number of hydrogen-bond acceptors (Lipinski definition) is 1. The molecule has 2 heteroatoms. The standard InChI is InChI=1S/C14H11N.C6H6S/c1-2-15-13-9-5-3-7-11(13)12-8-4-6-10-14(12)15;1-2-6-4-3-5-7-6/h2-10H,1H2;2-5H,1H2. The summed E-state index contributed by atoms with van der Waals surface area (Å²) in [7, 11) is 0. The number of fused-ring (bicyclic) bond motifs is 3. The molecule has 4 rings (SSSR count). The van der Waals surface area contributed by atoms with Crippen molar-refractivity contribution >= 4 is 45.4 Å². The molecule has 0 aliphatic heterocycles. The molecule has 0 fully saturated rings. The van der Waals surface area contributed by atoms with Crippen LogP contribution in [0.1, 0.15) is 4.88 Å². The van der Waals surface area contributed by atoms with E-state index in [0.717, 1.165) is 0 Å². The third kappa shape index (κ3) is 2.61. The second-order valence-corrected chi connectivity index (χ2v) is 5.79. The molecule has 0 spiro atoms. The first-order valence-corrected chi connectivity index (χ1v) is 7.99. The smallest absolute Gasteiger partial charge is 0.0534 e. The van der Waals surface area contributed by atoms with Gasteiger partial charge in [-0.15, -0.1) is 11.3 Å². The van der Waals surface area contributed by atoms with Crippen molar-refractivity contribution in [3.8, 4) is 0 Å². The largest absolute Gasteiger partial charge is 0.317 e. The van der Waals surface area contributed by atoms with Crippen LogP contribution in [0.2, 0.25) is 0 Å². The fourth-order valence-electron chi connectivity index (χ4n) is 2.56. The summed E-state index contributed by atoms with van der Waals surface area (Å²) in [5.41, 5.74) is 2.43. The fourth-order valence-corrected chi connectivity index (χ4v) is 3.12. The lowest BCUT2D eigenvalue weighted by Crippen LogP contribution is -1.82. The highest BCUT2D eigenvalue weighted by molar-refractivity contribution is 7.10. The maximum absolute atomic E-state index is 3.87. The molecule has 22 heavy (non-hydrogen) atoms. The number of rotatable bonds is 2. The summed E-state index contributed by atoms with van der Waals surface area (Å²) in [6.07, 6.45) is 3.72. The number of nitrogens with zero attached hydrogens (tertiary/aromatic N) is 1. The van der Waals surface area contributed by atoms with Crippen LogP contribution < -0.4 is 0 Å². The van der Waals surface area contributed by atoms with Crippen LogP contribution in [-0.4, -0.2) is 4.57 Å². The summed E-state index contributed by atoms with van der Waals surface area (Å²) < 4.78 is 2.13. The molecule has 0 amide bonds. The van der Waals surface area contributed by atoms with E-state index >= 15 is 0 Å². The topological polar surface area (TPSA) is 4.93 Å². The van der Waals surface area contributed by atoms with Gasteiger partial charge in [0.05, 0.1) is 11.0 Å². The summed E-state index contributed by atoms with van der Waals surface area (Å²) >= 11 is 1.70. The highest BCUT2D eigenvalue weighted by atomic mass is 32.1. The Kier molecular flexibility index (Phi) is 4.22. The number of para-hydroxylation sites is 2. The van der Waals surface area contributed by atoms with E-state index < -0.39 is 0 Å². The van der Waals surface area contributed by atoms with Crippen molar-refractivity contribution in [1.82, 2.24) is 4.57 Å². The summed E-state index contributed by atoms with van der Waals surface area (Å²) in [5.74, 6) is 0. The molecule has 0 N–H and O–H groups in total. The van der Waals surface area contributed by atoms with E-state index in [1.807, 2.05) is 29.8 Å². The number of benzene rings is 2. The first kappa shape index (κ1) is 14.4. The molecule has 0 atom stereocenters. The summed E-state index contributed by atoms with van der Waals surface area (Å²) in [6.45, 7) is 7.48. The van der Waals surface area contributed by atoms with Gasteiger partial charge in [-0.2, -0.15) is 0 Å². The van der Waals surface area contributed by atoms with E-state index in [2.05, 4.69) is 66.3 Å². The van der Waals surface area contributed by atoms with Crippen molar-refractivity contribution in [1.29, 1.82) is 0 Å². The molecular weight excluding hydrogens is 286 g/mol. The Morgan fingerprint density at radius 2 is 1.36 bits per heavy atom. The Bertz CT molecular complexity index is 860. The lowest BCUT2D eigenvalue weighted by Gasteiger charge is -1.97. The Morgan fingerprint density at radius 1 is 0.773 bits per heavy atom. The second-order valence-electron chi connectivity index (χ2n) is 4.81. The van der Waals surface area contributed by atoms with E-state index in [9.17, 15) is 0 Å². The minimum absolute atomic E-state index is 1.22. The molecule has 0 unspecified atom stereocenters. The molecule has 0 radical (unpaired) electrons. The molecule has 0 saturated carbocycles. The third-order valence-corrected chi connectivity index (χ3v) is 4.41. The zero-order valence-electron chi connectivity index (χ0n) is 12.3. The molecule has 4 aromatic rings. The Balaban J connectivity index is 0.000000174. The van der Waals surface area contributed by atoms with Crippen molar-refractivity contribution in [2.75, 3.05) is 0 Å². The average molecular weight is 303 g/mol. The van der Waals surface area contributed by atoms with Crippen molar-refractivity contribution < 1.29 is 0 Å². The Morgan fingerprint density at radius 3 is 1.77 bits per heavy atom. The monoisotopic (exact) mass is 303 g/mol. The van der Waals surface area contributed by atoms with E-state index in [-0.39, 0.29) is 0 Å². The van der Waals surface area contributed by atoms with E-state index in [0.29, 0.717) is 0 Å². The second kappa shape index (κ2) is 6.46. The van der Waals surface area contributed by atoms with Crippen LogP contribution in [-0.2, 0) is 0 Å². The van der Waals surface area contributed by atoms with Crippen LogP contribution in [0.15, 0.2) is 79.2 Å². The van der Waals surface area contributed by atoms with Crippen LogP contribution in [0.4, 0.5) is 0 Å². The van der Waals surface area contributed by atoms with Gasteiger partial charge < -0.3 is 4.57 Å². The SMILES string of the molecule is C=Cc1cccs1.C=Cn1c2ccccc2c2ccccc21. The molecule has 2 aromatic carbocycles. The molecule has 1 nitrogen and oxygen atoms in total. The number of thiophene rings is 1. The molecule has 0 saturated heterocycles. The molecule has 2 aromatic heterocycles. The summed E-state index contributed by atoms with van der Waals surface area (Å²) in [6, 6.07) is 20.9. The zero-order chi connectivity index (χ0) is 15.4. The lowest BCUT2D eigenvalue weighted by atomic mass is 10.2. The van der Waals surface area contributed by atoms with Crippen LogP contribution in [0.5, 0.6) is 0 Å². The van der Waals surface area contributed by atoms with Crippen LogP contribution in [0.25, 0.3) is 34.1 Å². The minimum Gasteiger partial charge on any atom is -0.317 e. The maximum Gasteiger partial charge on any atom is 0.0534 e. The van der Waals surface area contributed by atoms with E-state index in [4.69, 9.17) is 0 Å². The lowest BCUT2D eigenvalue weighted by molar-refractivity contribution is 1.30. The highest BCUT2D eigenvalue weighted by Crippen LogP contribution is 2.28. The molecule has 0 aliphatic rings. The molecule has 0 bridgehead atoms. The van der Waals surface area contributed by atoms with Gasteiger partial charge in [0.25, 0.3) is 0 Å². The molecule has 108 valence electrons. The van der Waals surface area contributed by atoms with Crippen molar-refractivity contribution in [3.63, 3.8) is 0 Å². The van der Waals surface area contributed by atoms with Crippen LogP contribution in [0.3, 0.4) is 0 Å². The van der Waals surface area contributed by atoms with Crippen molar-refractivity contribution in [3.05, 3.63) is 84.1 Å². The van der Waals surface area contributed by atoms with Gasteiger partial charge in [0.2, 0.25) is 0 Å². The highest BCUT2D eigenvalue weighted by Gasteiger charge is 2.06. The van der Waals surface area contributed by atoms with Gasteiger partial charge in [-0.1, -0.05) is 61.7 Å². The quantitative estimate of drug-likeness (QED) is 0.410. The number of hydrogen-bond donors (Lipinski definition) is 0. The van der Waals surface area contributed by atoms with Gasteiger partial charge in [0.1, 0.15) is 0 Å². The molecule has 0 aliphatic carbocycles. The van der Waals surface area contributed by atoms with Gasteiger partial charge >= 0.3 is 0 Å². The number of aromatic nitrogens is 1. The normalized spacial score (nSPS) is 10.2. The van der Waals surface area contributed by atoms with Gasteiger partial charge in [-0.25, -0.2) is 0 Å². The van der Waals surface area contributed by atoms with Crippen molar-refractivity contribution in [2.24, 2.45) is 0 Å². The summed E-state index contributed by atoms with van der Waals surface area (Å²) in [5, 5.41) is 4.61. The van der Waals surface area contributed by atoms with E-state index in [1.54, 1.807) is 11.3 Å². The first-order valence-electron chi connectivity index (χ1n) is 7.11. The van der Waals surface area contributed by atoms with Gasteiger partial charge in [-0.3, -0.25) is 0 Å².